The summed E-state index contributed by atoms with van der Waals surface area (Å²) in [7, 11) is 1.57. The highest BCUT2D eigenvalue weighted by molar-refractivity contribution is 8.00. The summed E-state index contributed by atoms with van der Waals surface area (Å²) in [6, 6.07) is 16.6. The molecule has 2 N–H and O–H groups in total. The number of anilines is 1. The maximum atomic E-state index is 11.9. The third kappa shape index (κ3) is 4.65. The highest BCUT2D eigenvalue weighted by Crippen LogP contribution is 2.17. The molecule has 0 atom stereocenters. The summed E-state index contributed by atoms with van der Waals surface area (Å²) in [5, 5.41) is 5.34. The summed E-state index contributed by atoms with van der Waals surface area (Å²) in [6.45, 7) is 0. The summed E-state index contributed by atoms with van der Waals surface area (Å²) in [4.78, 5) is 24.5. The van der Waals surface area contributed by atoms with Crippen molar-refractivity contribution in [3.8, 4) is 0 Å². The fraction of sp³-hybridized carbons (Fsp3) is 0.125. The molecular formula is C16H16N2O2S. The molecule has 0 aromatic heterocycles. The number of carbonyl (C=O) groups is 2. The van der Waals surface area contributed by atoms with Crippen LogP contribution in [0.3, 0.4) is 0 Å². The van der Waals surface area contributed by atoms with Crippen LogP contribution in [0.15, 0.2) is 59.5 Å². The Morgan fingerprint density at radius 2 is 1.81 bits per heavy atom. The van der Waals surface area contributed by atoms with Gasteiger partial charge in [0.25, 0.3) is 5.91 Å². The Labute approximate surface area is 127 Å². The maximum absolute atomic E-state index is 11.9. The van der Waals surface area contributed by atoms with Gasteiger partial charge < -0.3 is 10.6 Å². The van der Waals surface area contributed by atoms with Gasteiger partial charge in [-0.25, -0.2) is 0 Å². The molecule has 2 rings (SSSR count). The van der Waals surface area contributed by atoms with E-state index in [1.54, 1.807) is 31.3 Å². The van der Waals surface area contributed by atoms with Gasteiger partial charge in [-0.3, -0.25) is 9.59 Å². The lowest BCUT2D eigenvalue weighted by Crippen LogP contribution is -2.18. The second-order valence-corrected chi connectivity index (χ2v) is 5.36. The zero-order chi connectivity index (χ0) is 15.1. The van der Waals surface area contributed by atoms with E-state index in [2.05, 4.69) is 10.6 Å². The predicted molar refractivity (Wildman–Crippen MR) is 85.6 cm³/mol. The lowest BCUT2D eigenvalue weighted by atomic mass is 10.2. The number of hydrogen-bond acceptors (Lipinski definition) is 3. The van der Waals surface area contributed by atoms with E-state index < -0.39 is 0 Å². The van der Waals surface area contributed by atoms with Crippen molar-refractivity contribution in [2.75, 3.05) is 18.1 Å². The van der Waals surface area contributed by atoms with Gasteiger partial charge in [-0.15, -0.1) is 11.8 Å². The molecule has 0 radical (unpaired) electrons. The van der Waals surface area contributed by atoms with Gasteiger partial charge in [-0.1, -0.05) is 24.3 Å². The molecule has 4 nitrogen and oxygen atoms in total. The second-order valence-electron chi connectivity index (χ2n) is 4.31. The summed E-state index contributed by atoms with van der Waals surface area (Å²) in [5.41, 5.74) is 1.14. The van der Waals surface area contributed by atoms with E-state index in [1.165, 1.54) is 11.8 Å². The van der Waals surface area contributed by atoms with E-state index in [-0.39, 0.29) is 11.8 Å². The summed E-state index contributed by atoms with van der Waals surface area (Å²) in [6.07, 6.45) is 0. The van der Waals surface area contributed by atoms with Gasteiger partial charge in [0.15, 0.2) is 0 Å². The van der Waals surface area contributed by atoms with Crippen molar-refractivity contribution in [3.63, 3.8) is 0 Å². The van der Waals surface area contributed by atoms with Crippen molar-refractivity contribution in [2.24, 2.45) is 0 Å². The first-order valence-electron chi connectivity index (χ1n) is 6.49. The Balaban J connectivity index is 1.92. The van der Waals surface area contributed by atoms with E-state index in [0.717, 1.165) is 4.90 Å². The fourth-order valence-electron chi connectivity index (χ4n) is 1.75. The van der Waals surface area contributed by atoms with Crippen LogP contribution in [0.25, 0.3) is 0 Å². The van der Waals surface area contributed by atoms with Crippen LogP contribution >= 0.6 is 11.8 Å². The zero-order valence-corrected chi connectivity index (χ0v) is 12.4. The van der Waals surface area contributed by atoms with Crippen LogP contribution in [-0.2, 0) is 4.79 Å². The van der Waals surface area contributed by atoms with Crippen LogP contribution in [0.1, 0.15) is 10.4 Å². The molecule has 2 amide bonds. The predicted octanol–water partition coefficient (Wildman–Crippen LogP) is 2.78. The number of amides is 2. The lowest BCUT2D eigenvalue weighted by Gasteiger charge is -2.07. The highest BCUT2D eigenvalue weighted by Gasteiger charge is 2.07. The number of hydrogen-bond donors (Lipinski definition) is 2. The zero-order valence-electron chi connectivity index (χ0n) is 11.6. The summed E-state index contributed by atoms with van der Waals surface area (Å²) in [5.74, 6) is 0.0523. The minimum Gasteiger partial charge on any atom is -0.355 e. The van der Waals surface area contributed by atoms with Crippen molar-refractivity contribution in [1.82, 2.24) is 5.32 Å². The van der Waals surface area contributed by atoms with Gasteiger partial charge in [0.2, 0.25) is 5.91 Å². The normalized spacial score (nSPS) is 9.95. The number of rotatable bonds is 5. The van der Waals surface area contributed by atoms with Crippen molar-refractivity contribution < 1.29 is 9.59 Å². The molecule has 0 heterocycles. The average Bonchev–Trinajstić information content (AvgIpc) is 2.53. The lowest BCUT2D eigenvalue weighted by molar-refractivity contribution is -0.113. The first-order valence-corrected chi connectivity index (χ1v) is 7.47. The van der Waals surface area contributed by atoms with Gasteiger partial charge in [0.1, 0.15) is 0 Å². The first kappa shape index (κ1) is 15.1. The third-order valence-corrected chi connectivity index (χ3v) is 3.76. The van der Waals surface area contributed by atoms with Crippen molar-refractivity contribution >= 4 is 29.3 Å². The molecule has 0 saturated carbocycles. The van der Waals surface area contributed by atoms with E-state index in [1.807, 2.05) is 30.3 Å². The Hall–Kier alpha value is -2.27. The number of thioether (sulfide) groups is 1. The molecule has 108 valence electrons. The Morgan fingerprint density at radius 1 is 1.05 bits per heavy atom. The average molecular weight is 300 g/mol. The standard InChI is InChI=1S/C16H16N2O2S/c1-17-16(20)12-6-5-7-13(10-12)18-15(19)11-21-14-8-3-2-4-9-14/h2-10H,11H2,1H3,(H,17,20)(H,18,19). The van der Waals surface area contributed by atoms with Gasteiger partial charge in [0, 0.05) is 23.2 Å². The number of carbonyl (C=O) groups excluding carboxylic acids is 2. The minimum atomic E-state index is -0.176. The highest BCUT2D eigenvalue weighted by atomic mass is 32.2. The van der Waals surface area contributed by atoms with E-state index >= 15 is 0 Å². The second kappa shape index (κ2) is 7.50. The molecule has 21 heavy (non-hydrogen) atoms. The molecule has 5 heteroatoms. The molecule has 2 aromatic rings. The Morgan fingerprint density at radius 3 is 2.52 bits per heavy atom. The van der Waals surface area contributed by atoms with Gasteiger partial charge in [-0.05, 0) is 30.3 Å². The molecule has 2 aromatic carbocycles. The SMILES string of the molecule is CNC(=O)c1cccc(NC(=O)CSc2ccccc2)c1. The van der Waals surface area contributed by atoms with E-state index in [4.69, 9.17) is 0 Å². The van der Waals surface area contributed by atoms with Crippen molar-refractivity contribution in [1.29, 1.82) is 0 Å². The monoisotopic (exact) mass is 300 g/mol. The van der Waals surface area contributed by atoms with E-state index in [0.29, 0.717) is 17.0 Å². The summed E-state index contributed by atoms with van der Waals surface area (Å²) < 4.78 is 0. The molecular weight excluding hydrogens is 284 g/mol. The molecule has 0 bridgehead atoms. The molecule has 0 aliphatic carbocycles. The summed E-state index contributed by atoms with van der Waals surface area (Å²) >= 11 is 1.47. The van der Waals surface area contributed by atoms with Crippen LogP contribution in [-0.4, -0.2) is 24.6 Å². The largest absolute Gasteiger partial charge is 0.355 e. The fourth-order valence-corrected chi connectivity index (χ4v) is 2.46. The molecule has 0 unspecified atom stereocenters. The van der Waals surface area contributed by atoms with E-state index in [9.17, 15) is 9.59 Å². The maximum Gasteiger partial charge on any atom is 0.251 e. The van der Waals surface area contributed by atoms with Gasteiger partial charge in [0.05, 0.1) is 5.75 Å². The van der Waals surface area contributed by atoms with Gasteiger partial charge in [-0.2, -0.15) is 0 Å². The number of benzene rings is 2. The van der Waals surface area contributed by atoms with Crippen LogP contribution in [0.5, 0.6) is 0 Å². The molecule has 0 saturated heterocycles. The molecule has 0 fully saturated rings. The quantitative estimate of drug-likeness (QED) is 0.835. The van der Waals surface area contributed by atoms with Crippen LogP contribution < -0.4 is 10.6 Å². The van der Waals surface area contributed by atoms with Crippen LogP contribution in [0.4, 0.5) is 5.69 Å². The van der Waals surface area contributed by atoms with Crippen LogP contribution in [0.2, 0.25) is 0 Å². The molecule has 0 spiro atoms. The molecule has 0 aliphatic rings. The number of nitrogens with one attached hydrogen (secondary N) is 2. The Bertz CT molecular complexity index is 629. The topological polar surface area (TPSA) is 58.2 Å². The third-order valence-electron chi connectivity index (χ3n) is 2.75. The van der Waals surface area contributed by atoms with Crippen LogP contribution in [0, 0.1) is 0 Å². The molecule has 0 aliphatic heterocycles. The first-order chi connectivity index (χ1) is 10.2. The van der Waals surface area contributed by atoms with Crippen molar-refractivity contribution in [3.05, 3.63) is 60.2 Å². The van der Waals surface area contributed by atoms with Gasteiger partial charge >= 0.3 is 0 Å². The van der Waals surface area contributed by atoms with Crippen molar-refractivity contribution in [2.45, 2.75) is 4.90 Å². The smallest absolute Gasteiger partial charge is 0.251 e. The Kier molecular flexibility index (Phi) is 5.40. The minimum absolute atomic E-state index is 0.0992.